The predicted molar refractivity (Wildman–Crippen MR) is 74.3 cm³/mol. The fourth-order valence-electron chi connectivity index (χ4n) is 2.33. The highest BCUT2D eigenvalue weighted by atomic mass is 16.5. The highest BCUT2D eigenvalue weighted by Crippen LogP contribution is 2.17. The van der Waals surface area contributed by atoms with Crippen LogP contribution in [0.3, 0.4) is 0 Å². The number of nitrogens with zero attached hydrogens (tertiary/aromatic N) is 1. The second-order valence-electron chi connectivity index (χ2n) is 4.59. The van der Waals surface area contributed by atoms with Crippen molar-refractivity contribution in [2.75, 3.05) is 6.61 Å². The molecule has 4 heteroatoms. The van der Waals surface area contributed by atoms with Gasteiger partial charge in [0.15, 0.2) is 5.43 Å². The first-order chi connectivity index (χ1) is 9.02. The molecule has 0 aliphatic rings. The lowest BCUT2D eigenvalue weighted by Crippen LogP contribution is -2.17. The molecule has 1 aromatic carbocycles. The molecule has 0 aliphatic heterocycles. The number of pyridine rings is 1. The van der Waals surface area contributed by atoms with Gasteiger partial charge in [-0.1, -0.05) is 6.07 Å². The Bertz CT molecular complexity index is 686. The average molecular weight is 259 g/mol. The molecule has 1 heterocycles. The Kier molecular flexibility index (Phi) is 3.69. The number of hydrogen-bond acceptors (Lipinski definition) is 3. The third-order valence-electron chi connectivity index (χ3n) is 3.01. The Labute approximate surface area is 111 Å². The highest BCUT2D eigenvalue weighted by Gasteiger charge is 2.10. The Morgan fingerprint density at radius 1 is 1.32 bits per heavy atom. The van der Waals surface area contributed by atoms with Crippen molar-refractivity contribution in [2.24, 2.45) is 0 Å². The van der Waals surface area contributed by atoms with Gasteiger partial charge in [0.1, 0.15) is 6.54 Å². The monoisotopic (exact) mass is 259 g/mol. The van der Waals surface area contributed by atoms with E-state index in [0.29, 0.717) is 12.0 Å². The molecule has 0 N–H and O–H groups in total. The third kappa shape index (κ3) is 2.67. The van der Waals surface area contributed by atoms with E-state index in [9.17, 15) is 9.59 Å². The summed E-state index contributed by atoms with van der Waals surface area (Å²) >= 11 is 0. The normalized spacial score (nSPS) is 10.7. The van der Waals surface area contributed by atoms with E-state index in [1.54, 1.807) is 17.7 Å². The van der Waals surface area contributed by atoms with Gasteiger partial charge in [0.2, 0.25) is 0 Å². The number of rotatable bonds is 3. The fraction of sp³-hybridized carbons (Fsp3) is 0.333. The molecule has 0 saturated carbocycles. The van der Waals surface area contributed by atoms with Gasteiger partial charge < -0.3 is 9.30 Å². The largest absolute Gasteiger partial charge is 0.465 e. The van der Waals surface area contributed by atoms with Gasteiger partial charge in [-0.25, -0.2) is 0 Å². The zero-order valence-corrected chi connectivity index (χ0v) is 11.4. The first-order valence-corrected chi connectivity index (χ1v) is 6.29. The van der Waals surface area contributed by atoms with Crippen LogP contribution in [0.4, 0.5) is 0 Å². The van der Waals surface area contributed by atoms with Gasteiger partial charge in [-0.05, 0) is 38.0 Å². The second kappa shape index (κ2) is 5.26. The molecular weight excluding hydrogens is 242 g/mol. The van der Waals surface area contributed by atoms with E-state index >= 15 is 0 Å². The Morgan fingerprint density at radius 3 is 2.74 bits per heavy atom. The van der Waals surface area contributed by atoms with E-state index in [1.165, 1.54) is 6.07 Å². The maximum atomic E-state index is 11.9. The number of aromatic nitrogens is 1. The topological polar surface area (TPSA) is 48.3 Å². The third-order valence-corrected chi connectivity index (χ3v) is 3.01. The maximum absolute atomic E-state index is 11.9. The van der Waals surface area contributed by atoms with Crippen LogP contribution >= 0.6 is 0 Å². The van der Waals surface area contributed by atoms with Crippen molar-refractivity contribution in [3.8, 4) is 0 Å². The van der Waals surface area contributed by atoms with E-state index in [2.05, 4.69) is 0 Å². The number of ether oxygens (including phenoxy) is 1. The van der Waals surface area contributed by atoms with Gasteiger partial charge in [-0.2, -0.15) is 0 Å². The number of hydrogen-bond donors (Lipinski definition) is 0. The Morgan fingerprint density at radius 2 is 2.05 bits per heavy atom. The lowest BCUT2D eigenvalue weighted by molar-refractivity contribution is -0.143. The van der Waals surface area contributed by atoms with Crippen LogP contribution in [0.5, 0.6) is 0 Å². The summed E-state index contributed by atoms with van der Waals surface area (Å²) in [5, 5.41) is 0.643. The summed E-state index contributed by atoms with van der Waals surface area (Å²) in [5.74, 6) is -0.299. The average Bonchev–Trinajstić information content (AvgIpc) is 2.33. The molecule has 0 radical (unpaired) electrons. The molecule has 0 atom stereocenters. The van der Waals surface area contributed by atoms with Crippen molar-refractivity contribution in [3.05, 3.63) is 45.7 Å². The van der Waals surface area contributed by atoms with E-state index in [4.69, 9.17) is 4.74 Å². The molecular formula is C15H17NO3. The van der Waals surface area contributed by atoms with Crippen LogP contribution in [0.1, 0.15) is 18.1 Å². The van der Waals surface area contributed by atoms with Crippen molar-refractivity contribution in [2.45, 2.75) is 27.3 Å². The zero-order chi connectivity index (χ0) is 14.0. The van der Waals surface area contributed by atoms with Crippen LogP contribution in [-0.2, 0) is 16.1 Å². The molecule has 1 aromatic heterocycles. The van der Waals surface area contributed by atoms with Gasteiger partial charge in [-0.3, -0.25) is 9.59 Å². The van der Waals surface area contributed by atoms with Crippen molar-refractivity contribution < 1.29 is 9.53 Å². The molecule has 0 saturated heterocycles. The van der Waals surface area contributed by atoms with Gasteiger partial charge in [0, 0.05) is 17.6 Å². The molecule has 100 valence electrons. The van der Waals surface area contributed by atoms with Crippen LogP contribution in [0, 0.1) is 13.8 Å². The number of carbonyl (C=O) groups is 1. The van der Waals surface area contributed by atoms with Crippen molar-refractivity contribution >= 4 is 16.9 Å². The second-order valence-corrected chi connectivity index (χ2v) is 4.59. The summed E-state index contributed by atoms with van der Waals surface area (Å²) in [6.07, 6.45) is 1.64. The molecule has 0 fully saturated rings. The number of esters is 1. The van der Waals surface area contributed by atoms with Crippen molar-refractivity contribution in [3.63, 3.8) is 0 Å². The Hall–Kier alpha value is -2.10. The van der Waals surface area contributed by atoms with Gasteiger partial charge in [0.25, 0.3) is 0 Å². The summed E-state index contributed by atoms with van der Waals surface area (Å²) in [6.45, 7) is 6.14. The molecule has 0 aliphatic carbocycles. The van der Waals surface area contributed by atoms with Crippen LogP contribution in [0.15, 0.2) is 29.2 Å². The van der Waals surface area contributed by atoms with Gasteiger partial charge in [-0.15, -0.1) is 0 Å². The van der Waals surface area contributed by atoms with Crippen LogP contribution in [-0.4, -0.2) is 17.1 Å². The van der Waals surface area contributed by atoms with Gasteiger partial charge >= 0.3 is 5.97 Å². The standard InChI is InChI=1S/C15H17NO3/c1-4-19-14(18)9-16-6-5-13(17)12-8-10(2)7-11(3)15(12)16/h5-8H,4,9H2,1-3H3. The molecule has 0 amide bonds. The molecule has 19 heavy (non-hydrogen) atoms. The zero-order valence-electron chi connectivity index (χ0n) is 11.4. The number of aryl methyl sites for hydroxylation is 2. The SMILES string of the molecule is CCOC(=O)Cn1ccc(=O)c2cc(C)cc(C)c21. The summed E-state index contributed by atoms with van der Waals surface area (Å²) in [4.78, 5) is 23.5. The molecule has 2 rings (SSSR count). The Balaban J connectivity index is 2.60. The summed E-state index contributed by atoms with van der Waals surface area (Å²) in [5.41, 5.74) is 2.79. The van der Waals surface area contributed by atoms with E-state index in [-0.39, 0.29) is 17.9 Å². The molecule has 2 aromatic rings. The predicted octanol–water partition coefficient (Wildman–Crippen LogP) is 2.18. The van der Waals surface area contributed by atoms with Crippen LogP contribution < -0.4 is 5.43 Å². The molecule has 0 bridgehead atoms. The summed E-state index contributed by atoms with van der Waals surface area (Å²) in [7, 11) is 0. The number of benzene rings is 1. The maximum Gasteiger partial charge on any atom is 0.325 e. The molecule has 4 nitrogen and oxygen atoms in total. The van der Waals surface area contributed by atoms with Crippen molar-refractivity contribution in [1.29, 1.82) is 0 Å². The fourth-order valence-corrected chi connectivity index (χ4v) is 2.33. The molecule has 0 spiro atoms. The minimum absolute atomic E-state index is 0.0260. The van der Waals surface area contributed by atoms with E-state index in [1.807, 2.05) is 26.0 Å². The van der Waals surface area contributed by atoms with E-state index < -0.39 is 0 Å². The van der Waals surface area contributed by atoms with Crippen molar-refractivity contribution in [1.82, 2.24) is 4.57 Å². The highest BCUT2D eigenvalue weighted by molar-refractivity contribution is 5.84. The number of carbonyl (C=O) groups excluding carboxylic acids is 1. The lowest BCUT2D eigenvalue weighted by Gasteiger charge is -2.12. The van der Waals surface area contributed by atoms with Gasteiger partial charge in [0.05, 0.1) is 12.1 Å². The van der Waals surface area contributed by atoms with Crippen LogP contribution in [0.25, 0.3) is 10.9 Å². The molecule has 0 unspecified atom stereocenters. The quantitative estimate of drug-likeness (QED) is 0.794. The first-order valence-electron chi connectivity index (χ1n) is 6.29. The smallest absolute Gasteiger partial charge is 0.325 e. The van der Waals surface area contributed by atoms with E-state index in [0.717, 1.165) is 16.6 Å². The minimum atomic E-state index is -0.299. The number of fused-ring (bicyclic) bond motifs is 1. The lowest BCUT2D eigenvalue weighted by atomic mass is 10.1. The minimum Gasteiger partial charge on any atom is -0.465 e. The summed E-state index contributed by atoms with van der Waals surface area (Å²) < 4.78 is 6.72. The summed E-state index contributed by atoms with van der Waals surface area (Å²) in [6, 6.07) is 5.34. The van der Waals surface area contributed by atoms with Crippen LogP contribution in [0.2, 0.25) is 0 Å². The first kappa shape index (κ1) is 13.3.